The van der Waals surface area contributed by atoms with Crippen LogP contribution in [0.3, 0.4) is 0 Å². The molecule has 0 bridgehead atoms. The summed E-state index contributed by atoms with van der Waals surface area (Å²) in [5.41, 5.74) is 1.03. The van der Waals surface area contributed by atoms with Crippen molar-refractivity contribution in [1.29, 1.82) is 0 Å². The first-order chi connectivity index (χ1) is 8.06. The van der Waals surface area contributed by atoms with E-state index < -0.39 is 11.9 Å². The van der Waals surface area contributed by atoms with Gasteiger partial charge in [-0.25, -0.2) is 0 Å². The third-order valence-electron chi connectivity index (χ3n) is 2.76. The molecule has 1 aromatic carbocycles. The maximum absolute atomic E-state index is 10.7. The number of nitrogens with one attached hydrogen (secondary N) is 1. The molecule has 2 N–H and O–H groups in total. The second kappa shape index (κ2) is 6.25. The first kappa shape index (κ1) is 13.5. The fraction of sp³-hybridized carbons (Fsp3) is 0.462. The lowest BCUT2D eigenvalue weighted by Gasteiger charge is -2.18. The van der Waals surface area contributed by atoms with Gasteiger partial charge in [-0.3, -0.25) is 4.79 Å². The lowest BCUT2D eigenvalue weighted by atomic mass is 10.1. The largest absolute Gasteiger partial charge is 0.496 e. The highest BCUT2D eigenvalue weighted by Crippen LogP contribution is 2.24. The minimum absolute atomic E-state index is 0.0629. The van der Waals surface area contributed by atoms with E-state index in [2.05, 4.69) is 5.32 Å². The van der Waals surface area contributed by atoms with E-state index in [1.54, 1.807) is 14.0 Å². The Morgan fingerprint density at radius 2 is 2.06 bits per heavy atom. The van der Waals surface area contributed by atoms with Crippen LogP contribution in [0.1, 0.15) is 25.5 Å². The van der Waals surface area contributed by atoms with Crippen LogP contribution in [0.2, 0.25) is 0 Å². The van der Waals surface area contributed by atoms with Crippen molar-refractivity contribution in [2.75, 3.05) is 13.7 Å². The zero-order valence-electron chi connectivity index (χ0n) is 10.4. The normalized spacial score (nSPS) is 14.1. The van der Waals surface area contributed by atoms with Gasteiger partial charge in [-0.1, -0.05) is 25.1 Å². The van der Waals surface area contributed by atoms with Gasteiger partial charge in [0, 0.05) is 18.2 Å². The summed E-state index contributed by atoms with van der Waals surface area (Å²) >= 11 is 0. The van der Waals surface area contributed by atoms with Gasteiger partial charge in [-0.15, -0.1) is 0 Å². The van der Waals surface area contributed by atoms with Crippen molar-refractivity contribution in [3.05, 3.63) is 29.8 Å². The van der Waals surface area contributed by atoms with Crippen LogP contribution in [0, 0.1) is 5.92 Å². The van der Waals surface area contributed by atoms with Gasteiger partial charge < -0.3 is 15.2 Å². The molecule has 0 heterocycles. The summed E-state index contributed by atoms with van der Waals surface area (Å²) in [6, 6.07) is 7.79. The van der Waals surface area contributed by atoms with Gasteiger partial charge >= 0.3 is 5.97 Å². The Labute approximate surface area is 102 Å². The average Bonchev–Trinajstić information content (AvgIpc) is 2.35. The van der Waals surface area contributed by atoms with Crippen molar-refractivity contribution < 1.29 is 14.6 Å². The maximum atomic E-state index is 10.7. The van der Waals surface area contributed by atoms with Crippen LogP contribution >= 0.6 is 0 Å². The zero-order chi connectivity index (χ0) is 12.8. The third kappa shape index (κ3) is 3.75. The summed E-state index contributed by atoms with van der Waals surface area (Å²) in [4.78, 5) is 10.7. The fourth-order valence-electron chi connectivity index (χ4n) is 1.57. The standard InChI is InChI=1S/C13H19NO3/c1-9(13(15)16)8-14-10(2)11-6-4-5-7-12(11)17-3/h4-7,9-10,14H,8H2,1-3H3,(H,15,16)/t9?,10-/m0/s1. The summed E-state index contributed by atoms with van der Waals surface area (Å²) in [6.45, 7) is 4.12. The second-order valence-electron chi connectivity index (χ2n) is 4.11. The molecule has 94 valence electrons. The molecule has 1 unspecified atom stereocenters. The highest BCUT2D eigenvalue weighted by molar-refractivity contribution is 5.69. The molecular weight excluding hydrogens is 218 g/mol. The third-order valence-corrected chi connectivity index (χ3v) is 2.76. The molecule has 0 aliphatic heterocycles. The predicted octanol–water partition coefficient (Wildman–Crippen LogP) is 2.07. The minimum atomic E-state index is -0.787. The predicted molar refractivity (Wildman–Crippen MR) is 66.2 cm³/mol. The van der Waals surface area contributed by atoms with Crippen LogP contribution in [-0.2, 0) is 4.79 Å². The van der Waals surface area contributed by atoms with Crippen molar-refractivity contribution in [2.24, 2.45) is 5.92 Å². The van der Waals surface area contributed by atoms with E-state index in [-0.39, 0.29) is 6.04 Å². The van der Waals surface area contributed by atoms with E-state index in [9.17, 15) is 4.79 Å². The molecule has 0 aliphatic rings. The topological polar surface area (TPSA) is 58.6 Å². The fourth-order valence-corrected chi connectivity index (χ4v) is 1.57. The number of carboxylic acid groups (broad SMARTS) is 1. The molecule has 0 amide bonds. The van der Waals surface area contributed by atoms with Crippen molar-refractivity contribution in [2.45, 2.75) is 19.9 Å². The zero-order valence-corrected chi connectivity index (χ0v) is 10.4. The first-order valence-electron chi connectivity index (χ1n) is 5.65. The van der Waals surface area contributed by atoms with Gasteiger partial charge in [0.05, 0.1) is 13.0 Å². The Hall–Kier alpha value is -1.55. The molecule has 4 heteroatoms. The molecule has 0 spiro atoms. The number of carboxylic acids is 1. The summed E-state index contributed by atoms with van der Waals surface area (Å²) in [6.07, 6.45) is 0. The molecule has 17 heavy (non-hydrogen) atoms. The molecular formula is C13H19NO3. The summed E-state index contributed by atoms with van der Waals surface area (Å²) < 4.78 is 5.26. The van der Waals surface area contributed by atoms with Gasteiger partial charge in [0.15, 0.2) is 0 Å². The van der Waals surface area contributed by atoms with Crippen molar-refractivity contribution in [1.82, 2.24) is 5.32 Å². The number of hydrogen-bond acceptors (Lipinski definition) is 3. The monoisotopic (exact) mass is 237 g/mol. The molecule has 0 fully saturated rings. The molecule has 0 saturated carbocycles. The highest BCUT2D eigenvalue weighted by Gasteiger charge is 2.14. The van der Waals surface area contributed by atoms with E-state index >= 15 is 0 Å². The van der Waals surface area contributed by atoms with Crippen molar-refractivity contribution >= 4 is 5.97 Å². The van der Waals surface area contributed by atoms with Gasteiger partial charge in [0.2, 0.25) is 0 Å². The van der Waals surface area contributed by atoms with Crippen molar-refractivity contribution in [3.63, 3.8) is 0 Å². The van der Waals surface area contributed by atoms with Crippen LogP contribution in [0.25, 0.3) is 0 Å². The molecule has 2 atom stereocenters. The van der Waals surface area contributed by atoms with Crippen molar-refractivity contribution in [3.8, 4) is 5.75 Å². The van der Waals surface area contributed by atoms with Gasteiger partial charge in [-0.2, -0.15) is 0 Å². The SMILES string of the molecule is COc1ccccc1[C@H](C)NCC(C)C(=O)O. The second-order valence-corrected chi connectivity index (χ2v) is 4.11. The van der Waals surface area contributed by atoms with Crippen LogP contribution in [0.4, 0.5) is 0 Å². The van der Waals surface area contributed by atoms with E-state index in [0.717, 1.165) is 11.3 Å². The molecule has 4 nitrogen and oxygen atoms in total. The quantitative estimate of drug-likeness (QED) is 0.795. The van der Waals surface area contributed by atoms with Crippen LogP contribution in [0.15, 0.2) is 24.3 Å². The average molecular weight is 237 g/mol. The minimum Gasteiger partial charge on any atom is -0.496 e. The number of carbonyl (C=O) groups is 1. The number of aliphatic carboxylic acids is 1. The van der Waals surface area contributed by atoms with Gasteiger partial charge in [-0.05, 0) is 13.0 Å². The Bertz CT molecular complexity index is 379. The number of ether oxygens (including phenoxy) is 1. The molecule has 0 aromatic heterocycles. The molecule has 1 rings (SSSR count). The van der Waals surface area contributed by atoms with Gasteiger partial charge in [0.1, 0.15) is 5.75 Å². The molecule has 0 aliphatic carbocycles. The molecule has 1 aromatic rings. The van der Waals surface area contributed by atoms with E-state index in [0.29, 0.717) is 6.54 Å². The Morgan fingerprint density at radius 1 is 1.41 bits per heavy atom. The number of rotatable bonds is 6. The van der Waals surface area contributed by atoms with Crippen LogP contribution in [0.5, 0.6) is 5.75 Å². The number of benzene rings is 1. The summed E-state index contributed by atoms with van der Waals surface area (Å²) in [5, 5.41) is 12.0. The Morgan fingerprint density at radius 3 is 2.65 bits per heavy atom. The number of para-hydroxylation sites is 1. The Kier molecular flexibility index (Phi) is 4.97. The Balaban J connectivity index is 2.63. The van der Waals surface area contributed by atoms with E-state index in [1.165, 1.54) is 0 Å². The summed E-state index contributed by atoms with van der Waals surface area (Å²) in [7, 11) is 1.63. The molecule has 0 saturated heterocycles. The van der Waals surface area contributed by atoms with Crippen LogP contribution in [-0.4, -0.2) is 24.7 Å². The van der Waals surface area contributed by atoms with E-state index in [4.69, 9.17) is 9.84 Å². The highest BCUT2D eigenvalue weighted by atomic mass is 16.5. The smallest absolute Gasteiger partial charge is 0.307 e. The molecule has 0 radical (unpaired) electrons. The van der Waals surface area contributed by atoms with E-state index in [1.807, 2.05) is 31.2 Å². The number of methoxy groups -OCH3 is 1. The summed E-state index contributed by atoms with van der Waals surface area (Å²) in [5.74, 6) is -0.368. The maximum Gasteiger partial charge on any atom is 0.307 e. The number of hydrogen-bond donors (Lipinski definition) is 2. The lowest BCUT2D eigenvalue weighted by molar-refractivity contribution is -0.140. The van der Waals surface area contributed by atoms with Crippen LogP contribution < -0.4 is 10.1 Å². The first-order valence-corrected chi connectivity index (χ1v) is 5.65. The van der Waals surface area contributed by atoms with Gasteiger partial charge in [0.25, 0.3) is 0 Å². The lowest BCUT2D eigenvalue weighted by Crippen LogP contribution is -2.28.